The van der Waals surface area contributed by atoms with Crippen LogP contribution in [-0.2, 0) is 16.9 Å². The van der Waals surface area contributed by atoms with E-state index in [0.717, 1.165) is 34.4 Å². The second-order valence-electron chi connectivity index (χ2n) is 10.1. The zero-order valence-corrected chi connectivity index (χ0v) is 21.2. The first kappa shape index (κ1) is 24.8. The van der Waals surface area contributed by atoms with Crippen molar-refractivity contribution >= 4 is 23.0 Å². The highest BCUT2D eigenvalue weighted by Crippen LogP contribution is 2.45. The fourth-order valence-corrected chi connectivity index (χ4v) is 5.29. The molecule has 0 bridgehead atoms. The van der Waals surface area contributed by atoms with Gasteiger partial charge in [-0.25, -0.2) is 18.6 Å². The summed E-state index contributed by atoms with van der Waals surface area (Å²) in [5.74, 6) is -3.07. The topological polar surface area (TPSA) is 97.3 Å². The van der Waals surface area contributed by atoms with Crippen LogP contribution in [0.15, 0.2) is 66.9 Å². The average molecular weight is 532 g/mol. The number of aromatic nitrogens is 2. The SMILES string of the molecule is COc1cc(F)c([C@@H]2CNC(=O)[C@H]2NC(=O)NC2(c3ccc4ccn(Cc5ccccc5)c4n3)CC2)c(F)c1. The van der Waals surface area contributed by atoms with Gasteiger partial charge < -0.3 is 25.3 Å². The predicted octanol–water partition coefficient (Wildman–Crippen LogP) is 3.94. The zero-order chi connectivity index (χ0) is 27.1. The van der Waals surface area contributed by atoms with Crippen LogP contribution in [0.2, 0.25) is 0 Å². The molecular formula is C29H27F2N5O3. The second-order valence-corrected chi connectivity index (χ2v) is 10.1. The van der Waals surface area contributed by atoms with Crippen LogP contribution in [0, 0.1) is 11.6 Å². The molecule has 8 nitrogen and oxygen atoms in total. The van der Waals surface area contributed by atoms with Gasteiger partial charge in [0.15, 0.2) is 0 Å². The molecule has 0 unspecified atom stereocenters. The summed E-state index contributed by atoms with van der Waals surface area (Å²) in [5, 5.41) is 9.20. The minimum Gasteiger partial charge on any atom is -0.497 e. The number of pyridine rings is 1. The summed E-state index contributed by atoms with van der Waals surface area (Å²) in [6.07, 6.45) is 3.35. The van der Waals surface area contributed by atoms with Crippen molar-refractivity contribution in [1.29, 1.82) is 0 Å². The van der Waals surface area contributed by atoms with Crippen LogP contribution in [0.3, 0.4) is 0 Å². The number of hydrogen-bond acceptors (Lipinski definition) is 4. The lowest BCUT2D eigenvalue weighted by Crippen LogP contribution is -2.50. The van der Waals surface area contributed by atoms with Gasteiger partial charge in [-0.3, -0.25) is 4.79 Å². The number of rotatable bonds is 7. The highest BCUT2D eigenvalue weighted by molar-refractivity contribution is 5.90. The predicted molar refractivity (Wildman–Crippen MR) is 140 cm³/mol. The van der Waals surface area contributed by atoms with Crippen molar-refractivity contribution in [3.05, 3.63) is 95.3 Å². The van der Waals surface area contributed by atoms with Gasteiger partial charge in [0.05, 0.1) is 18.3 Å². The fraction of sp³-hybridized carbons (Fsp3) is 0.276. The summed E-state index contributed by atoms with van der Waals surface area (Å²) >= 11 is 0. The first-order chi connectivity index (χ1) is 18.9. The molecule has 200 valence electrons. The largest absolute Gasteiger partial charge is 0.497 e. The van der Waals surface area contributed by atoms with E-state index in [1.54, 1.807) is 0 Å². The molecule has 2 aromatic heterocycles. The summed E-state index contributed by atoms with van der Waals surface area (Å²) in [6.45, 7) is 0.657. The number of carbonyl (C=O) groups is 2. The number of hydrogen-bond donors (Lipinski definition) is 3. The summed E-state index contributed by atoms with van der Waals surface area (Å²) in [6, 6.07) is 16.3. The monoisotopic (exact) mass is 531 g/mol. The van der Waals surface area contributed by atoms with Crippen LogP contribution in [0.4, 0.5) is 13.6 Å². The van der Waals surface area contributed by atoms with E-state index in [-0.39, 0.29) is 17.9 Å². The van der Waals surface area contributed by atoms with Crippen LogP contribution in [0.1, 0.15) is 35.6 Å². The normalized spacial score (nSPS) is 19.5. The van der Waals surface area contributed by atoms with Gasteiger partial charge in [-0.05, 0) is 36.6 Å². The van der Waals surface area contributed by atoms with E-state index < -0.39 is 41.1 Å². The fourth-order valence-electron chi connectivity index (χ4n) is 5.29. The van der Waals surface area contributed by atoms with Gasteiger partial charge in [-0.1, -0.05) is 30.3 Å². The third-order valence-corrected chi connectivity index (χ3v) is 7.53. The van der Waals surface area contributed by atoms with Crippen molar-refractivity contribution in [2.45, 2.75) is 36.9 Å². The Bertz CT molecular complexity index is 1540. The first-order valence-corrected chi connectivity index (χ1v) is 12.8. The number of benzene rings is 2. The number of urea groups is 1. The molecule has 10 heteroatoms. The van der Waals surface area contributed by atoms with Crippen LogP contribution in [0.25, 0.3) is 11.0 Å². The standard InChI is InChI=1S/C29H27F2N5O3/c1-39-19-13-21(30)24(22(31)14-19)20-15-32-27(37)25(20)34-28(38)35-29(10-11-29)23-8-7-18-9-12-36(26(18)33-23)16-17-5-3-2-4-6-17/h2-9,12-14,20,25H,10-11,15-16H2,1H3,(H,32,37)(H2,34,35,38)/t20-,25-/m0/s1. The van der Waals surface area contributed by atoms with Gasteiger partial charge in [0, 0.05) is 48.3 Å². The molecule has 39 heavy (non-hydrogen) atoms. The average Bonchev–Trinajstić information content (AvgIpc) is 3.48. The lowest BCUT2D eigenvalue weighted by Gasteiger charge is -2.23. The Balaban J connectivity index is 1.20. The van der Waals surface area contributed by atoms with Gasteiger partial charge in [0.1, 0.15) is 29.1 Å². The summed E-state index contributed by atoms with van der Waals surface area (Å²) in [7, 11) is 1.31. The van der Waals surface area contributed by atoms with Gasteiger partial charge >= 0.3 is 6.03 Å². The number of methoxy groups -OCH3 is 1. The van der Waals surface area contributed by atoms with Crippen molar-refractivity contribution < 1.29 is 23.1 Å². The third-order valence-electron chi connectivity index (χ3n) is 7.53. The summed E-state index contributed by atoms with van der Waals surface area (Å²) < 4.78 is 36.5. The minimum absolute atomic E-state index is 0.00822. The van der Waals surface area contributed by atoms with E-state index in [9.17, 15) is 18.4 Å². The van der Waals surface area contributed by atoms with Gasteiger partial charge in [0.2, 0.25) is 5.91 Å². The van der Waals surface area contributed by atoms with Crippen LogP contribution < -0.4 is 20.7 Å². The van der Waals surface area contributed by atoms with E-state index in [0.29, 0.717) is 19.4 Å². The first-order valence-electron chi connectivity index (χ1n) is 12.8. The minimum atomic E-state index is -1.14. The highest BCUT2D eigenvalue weighted by atomic mass is 19.1. The van der Waals surface area contributed by atoms with E-state index in [1.807, 2.05) is 42.6 Å². The second kappa shape index (κ2) is 9.68. The van der Waals surface area contributed by atoms with E-state index in [4.69, 9.17) is 9.72 Å². The Morgan fingerprint density at radius 3 is 2.56 bits per heavy atom. The number of nitrogens with one attached hydrogen (secondary N) is 3. The van der Waals surface area contributed by atoms with Gasteiger partial charge in [0.25, 0.3) is 0 Å². The molecule has 3 amide bonds. The number of nitrogens with zero attached hydrogens (tertiary/aromatic N) is 2. The maximum atomic E-state index is 14.8. The third kappa shape index (κ3) is 4.67. The Labute approximate surface area is 223 Å². The molecule has 1 aliphatic heterocycles. The van der Waals surface area contributed by atoms with Crippen molar-refractivity contribution in [1.82, 2.24) is 25.5 Å². The molecule has 2 aliphatic rings. The van der Waals surface area contributed by atoms with Crippen LogP contribution in [0.5, 0.6) is 5.75 Å². The Morgan fingerprint density at radius 2 is 1.87 bits per heavy atom. The number of carbonyl (C=O) groups excluding carboxylic acids is 2. The Hall–Kier alpha value is -4.47. The maximum Gasteiger partial charge on any atom is 0.316 e. The molecule has 2 fully saturated rings. The molecule has 1 aliphatic carbocycles. The molecule has 1 saturated heterocycles. The molecular weight excluding hydrogens is 504 g/mol. The maximum absolute atomic E-state index is 14.8. The van der Waals surface area contributed by atoms with E-state index in [2.05, 4.69) is 32.7 Å². The van der Waals surface area contributed by atoms with Crippen LogP contribution >= 0.6 is 0 Å². The molecule has 2 aromatic carbocycles. The summed E-state index contributed by atoms with van der Waals surface area (Å²) in [5.41, 5.74) is 1.73. The molecule has 0 spiro atoms. The number of ether oxygens (including phenoxy) is 1. The van der Waals surface area contributed by atoms with Crippen LogP contribution in [-0.4, -0.2) is 41.2 Å². The molecule has 1 saturated carbocycles. The van der Waals surface area contributed by atoms with Gasteiger partial charge in [-0.15, -0.1) is 0 Å². The van der Waals surface area contributed by atoms with Crippen molar-refractivity contribution in [3.8, 4) is 5.75 Å². The van der Waals surface area contributed by atoms with Crippen molar-refractivity contribution in [3.63, 3.8) is 0 Å². The highest BCUT2D eigenvalue weighted by Gasteiger charge is 2.48. The number of amides is 3. The lowest BCUT2D eigenvalue weighted by atomic mass is 9.93. The molecule has 2 atom stereocenters. The molecule has 4 aromatic rings. The lowest BCUT2D eigenvalue weighted by molar-refractivity contribution is -0.120. The zero-order valence-electron chi connectivity index (χ0n) is 21.2. The summed E-state index contributed by atoms with van der Waals surface area (Å²) in [4.78, 5) is 30.6. The number of halogens is 2. The van der Waals surface area contributed by atoms with Crippen molar-refractivity contribution in [2.24, 2.45) is 0 Å². The molecule has 3 N–H and O–H groups in total. The smallest absolute Gasteiger partial charge is 0.316 e. The quantitative estimate of drug-likeness (QED) is 0.337. The Morgan fingerprint density at radius 1 is 1.13 bits per heavy atom. The van der Waals surface area contributed by atoms with Gasteiger partial charge in [-0.2, -0.15) is 0 Å². The molecule has 3 heterocycles. The Kier molecular flexibility index (Phi) is 6.17. The number of fused-ring (bicyclic) bond motifs is 1. The van der Waals surface area contributed by atoms with Crippen molar-refractivity contribution in [2.75, 3.05) is 13.7 Å². The van der Waals surface area contributed by atoms with E-state index >= 15 is 0 Å². The molecule has 6 rings (SSSR count). The van der Waals surface area contributed by atoms with E-state index in [1.165, 1.54) is 7.11 Å². The molecule has 0 radical (unpaired) electrons.